The quantitative estimate of drug-likeness (QED) is 0.894. The fraction of sp³-hybridized carbons (Fsp3) is 0.632. The molecule has 3 rings (SSSR count). The molecule has 1 saturated heterocycles. The zero-order chi connectivity index (χ0) is 17.6. The van der Waals surface area contributed by atoms with Crippen molar-refractivity contribution in [3.05, 3.63) is 30.1 Å². The minimum Gasteiger partial charge on any atom is -0.350 e. The van der Waals surface area contributed by atoms with Crippen molar-refractivity contribution in [2.75, 3.05) is 33.2 Å². The monoisotopic (exact) mass is 344 g/mol. The second kappa shape index (κ2) is 8.43. The highest BCUT2D eigenvalue weighted by molar-refractivity contribution is 5.81. The maximum Gasteiger partial charge on any atom is 0.225 e. The molecule has 0 unspecified atom stereocenters. The molecule has 0 spiro atoms. The highest BCUT2D eigenvalue weighted by atomic mass is 16.2. The van der Waals surface area contributed by atoms with Crippen LogP contribution >= 0.6 is 0 Å². The van der Waals surface area contributed by atoms with E-state index in [0.29, 0.717) is 12.5 Å². The molecule has 25 heavy (non-hydrogen) atoms. The van der Waals surface area contributed by atoms with Gasteiger partial charge in [-0.05, 0) is 44.9 Å². The molecule has 2 aliphatic rings. The lowest BCUT2D eigenvalue weighted by molar-refractivity contribution is -0.139. The number of likely N-dealkylation sites (N-methyl/N-ethyl adjacent to an activating group) is 1. The molecule has 6 nitrogen and oxygen atoms in total. The van der Waals surface area contributed by atoms with Crippen LogP contribution < -0.4 is 5.32 Å². The van der Waals surface area contributed by atoms with Gasteiger partial charge in [-0.25, -0.2) is 0 Å². The highest BCUT2D eigenvalue weighted by Gasteiger charge is 2.32. The van der Waals surface area contributed by atoms with Gasteiger partial charge >= 0.3 is 0 Å². The normalized spacial score (nSPS) is 24.8. The maximum absolute atomic E-state index is 12.6. The molecule has 2 heterocycles. The Morgan fingerprint density at radius 2 is 1.76 bits per heavy atom. The average molecular weight is 344 g/mol. The summed E-state index contributed by atoms with van der Waals surface area (Å²) in [5.41, 5.74) is 0.870. The summed E-state index contributed by atoms with van der Waals surface area (Å²) in [6.07, 6.45) is 4.99. The zero-order valence-corrected chi connectivity index (χ0v) is 15.0. The van der Waals surface area contributed by atoms with Crippen LogP contribution in [0.3, 0.4) is 0 Å². The van der Waals surface area contributed by atoms with Crippen LogP contribution in [-0.2, 0) is 16.1 Å². The Bertz CT molecular complexity index is 576. The van der Waals surface area contributed by atoms with Gasteiger partial charge in [-0.2, -0.15) is 0 Å². The Kier molecular flexibility index (Phi) is 6.02. The molecule has 1 aromatic rings. The number of piperazine rings is 1. The molecule has 136 valence electrons. The van der Waals surface area contributed by atoms with E-state index in [-0.39, 0.29) is 17.7 Å². The lowest BCUT2D eigenvalue weighted by Crippen LogP contribution is -2.49. The van der Waals surface area contributed by atoms with Crippen molar-refractivity contribution in [2.24, 2.45) is 11.8 Å². The molecule has 1 saturated carbocycles. The van der Waals surface area contributed by atoms with Crippen molar-refractivity contribution in [3.63, 3.8) is 0 Å². The zero-order valence-electron chi connectivity index (χ0n) is 15.0. The van der Waals surface area contributed by atoms with Crippen LogP contribution in [-0.4, -0.2) is 59.8 Å². The van der Waals surface area contributed by atoms with Gasteiger partial charge < -0.3 is 15.1 Å². The number of carbonyl (C=O) groups is 2. The van der Waals surface area contributed by atoms with Crippen LogP contribution in [0.4, 0.5) is 0 Å². The molecule has 1 aliphatic carbocycles. The number of hydrogen-bond acceptors (Lipinski definition) is 4. The summed E-state index contributed by atoms with van der Waals surface area (Å²) in [6.45, 7) is 4.05. The van der Waals surface area contributed by atoms with Crippen molar-refractivity contribution in [2.45, 2.75) is 32.2 Å². The first-order valence-corrected chi connectivity index (χ1v) is 9.28. The third-order valence-corrected chi connectivity index (χ3v) is 5.43. The summed E-state index contributed by atoms with van der Waals surface area (Å²) in [7, 11) is 2.09. The van der Waals surface area contributed by atoms with E-state index in [1.54, 1.807) is 6.20 Å². The molecule has 1 aromatic heterocycles. The van der Waals surface area contributed by atoms with E-state index in [4.69, 9.17) is 0 Å². The first-order valence-electron chi connectivity index (χ1n) is 9.28. The van der Waals surface area contributed by atoms with Crippen molar-refractivity contribution in [1.82, 2.24) is 20.1 Å². The lowest BCUT2D eigenvalue weighted by Gasteiger charge is -2.36. The number of pyridine rings is 1. The number of amides is 2. The van der Waals surface area contributed by atoms with Gasteiger partial charge in [-0.15, -0.1) is 0 Å². The molecule has 2 fully saturated rings. The van der Waals surface area contributed by atoms with E-state index in [0.717, 1.165) is 57.6 Å². The second-order valence-electron chi connectivity index (χ2n) is 7.22. The Morgan fingerprint density at radius 1 is 1.08 bits per heavy atom. The van der Waals surface area contributed by atoms with Crippen LogP contribution in [0.25, 0.3) is 0 Å². The smallest absolute Gasteiger partial charge is 0.225 e. The van der Waals surface area contributed by atoms with Gasteiger partial charge in [0, 0.05) is 44.2 Å². The largest absolute Gasteiger partial charge is 0.350 e. The van der Waals surface area contributed by atoms with Crippen LogP contribution in [0, 0.1) is 11.8 Å². The van der Waals surface area contributed by atoms with E-state index >= 15 is 0 Å². The van der Waals surface area contributed by atoms with E-state index in [9.17, 15) is 9.59 Å². The number of nitrogens with zero attached hydrogens (tertiary/aromatic N) is 3. The summed E-state index contributed by atoms with van der Waals surface area (Å²) >= 11 is 0. The second-order valence-corrected chi connectivity index (χ2v) is 7.22. The Morgan fingerprint density at radius 3 is 2.40 bits per heavy atom. The van der Waals surface area contributed by atoms with Crippen molar-refractivity contribution in [1.29, 1.82) is 0 Å². The number of hydrogen-bond donors (Lipinski definition) is 1. The van der Waals surface area contributed by atoms with Crippen LogP contribution in [0.2, 0.25) is 0 Å². The number of rotatable bonds is 4. The van der Waals surface area contributed by atoms with Gasteiger partial charge in [0.15, 0.2) is 0 Å². The molecule has 0 atom stereocenters. The van der Waals surface area contributed by atoms with Gasteiger partial charge in [0.05, 0.1) is 12.2 Å². The Balaban J connectivity index is 1.42. The molecule has 0 aromatic carbocycles. The minimum absolute atomic E-state index is 0.0280. The maximum atomic E-state index is 12.6. The summed E-state index contributed by atoms with van der Waals surface area (Å²) in [6, 6.07) is 5.69. The fourth-order valence-corrected chi connectivity index (χ4v) is 3.71. The van der Waals surface area contributed by atoms with Crippen LogP contribution in [0.15, 0.2) is 24.4 Å². The minimum atomic E-state index is 0.0280. The highest BCUT2D eigenvalue weighted by Crippen LogP contribution is 2.30. The van der Waals surface area contributed by atoms with Crippen molar-refractivity contribution < 1.29 is 9.59 Å². The van der Waals surface area contributed by atoms with Crippen LogP contribution in [0.1, 0.15) is 31.4 Å². The predicted molar refractivity (Wildman–Crippen MR) is 95.6 cm³/mol. The molecule has 2 amide bonds. The number of aromatic nitrogens is 1. The first-order chi connectivity index (χ1) is 12.1. The summed E-state index contributed by atoms with van der Waals surface area (Å²) < 4.78 is 0. The van der Waals surface area contributed by atoms with Crippen molar-refractivity contribution >= 4 is 11.8 Å². The molecular weight excluding hydrogens is 316 g/mol. The number of carbonyl (C=O) groups excluding carboxylic acids is 2. The molecule has 0 radical (unpaired) electrons. The van der Waals surface area contributed by atoms with E-state index in [1.165, 1.54) is 0 Å². The topological polar surface area (TPSA) is 65.5 Å². The first kappa shape index (κ1) is 17.9. The van der Waals surface area contributed by atoms with Gasteiger partial charge in [0.2, 0.25) is 11.8 Å². The van der Waals surface area contributed by atoms with Gasteiger partial charge in [-0.3, -0.25) is 14.6 Å². The lowest BCUT2D eigenvalue weighted by atomic mass is 9.81. The van der Waals surface area contributed by atoms with Gasteiger partial charge in [0.25, 0.3) is 0 Å². The molecule has 0 bridgehead atoms. The van der Waals surface area contributed by atoms with E-state index in [1.807, 2.05) is 23.1 Å². The third kappa shape index (κ3) is 4.78. The summed E-state index contributed by atoms with van der Waals surface area (Å²) in [5.74, 6) is 0.514. The van der Waals surface area contributed by atoms with E-state index < -0.39 is 0 Å². The van der Waals surface area contributed by atoms with Gasteiger partial charge in [0.1, 0.15) is 0 Å². The summed E-state index contributed by atoms with van der Waals surface area (Å²) in [4.78, 5) is 33.5. The Hall–Kier alpha value is -1.95. The average Bonchev–Trinajstić information content (AvgIpc) is 2.67. The molecule has 1 N–H and O–H groups in total. The van der Waals surface area contributed by atoms with Crippen LogP contribution in [0.5, 0.6) is 0 Å². The standard InChI is InChI=1S/C19H28N4O2/c1-22-10-12-23(13-11-22)19(25)16-7-5-15(6-8-16)18(24)21-14-17-4-2-3-9-20-17/h2-4,9,15-16H,5-8,10-14H2,1H3,(H,21,24). The van der Waals surface area contributed by atoms with Gasteiger partial charge in [-0.1, -0.05) is 6.07 Å². The SMILES string of the molecule is CN1CCN(C(=O)C2CCC(C(=O)NCc3ccccn3)CC2)CC1. The molecular formula is C19H28N4O2. The van der Waals surface area contributed by atoms with Crippen molar-refractivity contribution in [3.8, 4) is 0 Å². The Labute approximate surface area is 149 Å². The third-order valence-electron chi connectivity index (χ3n) is 5.43. The number of nitrogens with one attached hydrogen (secondary N) is 1. The molecule has 6 heteroatoms. The fourth-order valence-electron chi connectivity index (χ4n) is 3.71. The molecule has 1 aliphatic heterocycles. The van der Waals surface area contributed by atoms with E-state index in [2.05, 4.69) is 22.2 Å². The summed E-state index contributed by atoms with van der Waals surface area (Å²) in [5, 5.41) is 2.98. The predicted octanol–water partition coefficient (Wildman–Crippen LogP) is 1.28.